The Kier molecular flexibility index (Phi) is 7.50. The fourth-order valence-corrected chi connectivity index (χ4v) is 4.65. The highest BCUT2D eigenvalue weighted by Gasteiger charge is 2.26. The zero-order valence-electron chi connectivity index (χ0n) is 15.2. The van der Waals surface area contributed by atoms with E-state index in [1.165, 1.54) is 12.1 Å². The van der Waals surface area contributed by atoms with Gasteiger partial charge in [0.15, 0.2) is 0 Å². The summed E-state index contributed by atoms with van der Waals surface area (Å²) in [5.41, 5.74) is 0.0410. The lowest BCUT2D eigenvalue weighted by Gasteiger charge is -2.19. The summed E-state index contributed by atoms with van der Waals surface area (Å²) in [6.45, 7) is 3.53. The first-order chi connectivity index (χ1) is 13.2. The van der Waals surface area contributed by atoms with Gasteiger partial charge in [-0.2, -0.15) is 13.1 Å². The molecule has 0 spiro atoms. The first-order valence-corrected chi connectivity index (χ1v) is 10.7. The van der Waals surface area contributed by atoms with E-state index < -0.39 is 32.4 Å². The Morgan fingerprint density at radius 3 is 2.39 bits per heavy atom. The van der Waals surface area contributed by atoms with Crippen LogP contribution in [0.25, 0.3) is 0 Å². The number of halogens is 3. The molecule has 0 saturated heterocycles. The Labute approximate surface area is 166 Å². The standard InChI is InChI=1S/C18H19F3N2O3S2/c1-3-23(4-2)28(25,26)16-11-12(9-10-13(16)19)17(24)22-14-7-5-6-8-15(14)27-18(20)21/h5-11,18H,3-4H2,1-2H3,(H,22,24). The third-order valence-electron chi connectivity index (χ3n) is 3.87. The molecule has 0 atom stereocenters. The van der Waals surface area contributed by atoms with Crippen LogP contribution in [0.5, 0.6) is 0 Å². The molecule has 28 heavy (non-hydrogen) atoms. The number of para-hydroxylation sites is 1. The van der Waals surface area contributed by atoms with Crippen LogP contribution in [0.4, 0.5) is 18.9 Å². The maximum Gasteiger partial charge on any atom is 0.288 e. The van der Waals surface area contributed by atoms with E-state index in [0.29, 0.717) is 0 Å². The molecular formula is C18H19F3N2O3S2. The molecule has 0 bridgehead atoms. The highest BCUT2D eigenvalue weighted by atomic mass is 32.2. The van der Waals surface area contributed by atoms with Crippen LogP contribution >= 0.6 is 11.8 Å². The van der Waals surface area contributed by atoms with Crippen molar-refractivity contribution in [1.29, 1.82) is 0 Å². The molecular weight excluding hydrogens is 413 g/mol. The van der Waals surface area contributed by atoms with Crippen molar-refractivity contribution < 1.29 is 26.4 Å². The molecule has 0 radical (unpaired) electrons. The molecule has 2 aromatic rings. The molecule has 0 aliphatic carbocycles. The van der Waals surface area contributed by atoms with E-state index in [2.05, 4.69) is 5.32 Å². The second kappa shape index (κ2) is 9.44. The maximum absolute atomic E-state index is 14.2. The summed E-state index contributed by atoms with van der Waals surface area (Å²) in [6, 6.07) is 8.95. The van der Waals surface area contributed by atoms with Crippen molar-refractivity contribution in [3.8, 4) is 0 Å². The number of alkyl halides is 2. The number of benzene rings is 2. The van der Waals surface area contributed by atoms with Gasteiger partial charge in [-0.15, -0.1) is 0 Å². The highest BCUT2D eigenvalue weighted by molar-refractivity contribution is 7.99. The van der Waals surface area contributed by atoms with Crippen molar-refractivity contribution in [2.24, 2.45) is 0 Å². The Morgan fingerprint density at radius 2 is 1.79 bits per heavy atom. The Balaban J connectivity index is 2.36. The monoisotopic (exact) mass is 432 g/mol. The summed E-state index contributed by atoms with van der Waals surface area (Å²) in [5.74, 6) is -4.38. The molecule has 0 saturated carbocycles. The normalized spacial score (nSPS) is 11.8. The lowest BCUT2D eigenvalue weighted by Crippen LogP contribution is -2.31. The average Bonchev–Trinajstić information content (AvgIpc) is 2.63. The molecule has 2 rings (SSSR count). The number of hydrogen-bond donors (Lipinski definition) is 1. The molecule has 1 amide bonds. The largest absolute Gasteiger partial charge is 0.321 e. The zero-order chi connectivity index (χ0) is 20.9. The van der Waals surface area contributed by atoms with Crippen LogP contribution in [0, 0.1) is 5.82 Å². The van der Waals surface area contributed by atoms with Gasteiger partial charge in [-0.1, -0.05) is 37.7 Å². The number of nitrogens with one attached hydrogen (secondary N) is 1. The van der Waals surface area contributed by atoms with Crippen LogP contribution in [0.15, 0.2) is 52.3 Å². The van der Waals surface area contributed by atoms with Crippen LogP contribution in [0.3, 0.4) is 0 Å². The van der Waals surface area contributed by atoms with E-state index in [0.717, 1.165) is 22.5 Å². The van der Waals surface area contributed by atoms with E-state index >= 15 is 0 Å². The number of rotatable bonds is 8. The van der Waals surface area contributed by atoms with E-state index in [-0.39, 0.29) is 41.0 Å². The minimum Gasteiger partial charge on any atom is -0.321 e. The number of sulfonamides is 1. The molecule has 1 N–H and O–H groups in total. The lowest BCUT2D eigenvalue weighted by atomic mass is 10.2. The van der Waals surface area contributed by atoms with Gasteiger partial charge in [0.05, 0.1) is 5.69 Å². The maximum atomic E-state index is 14.2. The van der Waals surface area contributed by atoms with E-state index in [1.54, 1.807) is 26.0 Å². The van der Waals surface area contributed by atoms with Gasteiger partial charge >= 0.3 is 0 Å². The molecule has 5 nitrogen and oxygen atoms in total. The summed E-state index contributed by atoms with van der Waals surface area (Å²) < 4.78 is 65.8. The van der Waals surface area contributed by atoms with Gasteiger partial charge in [0.2, 0.25) is 10.0 Å². The van der Waals surface area contributed by atoms with E-state index in [4.69, 9.17) is 0 Å². The van der Waals surface area contributed by atoms with Crippen LogP contribution in [-0.4, -0.2) is 37.5 Å². The van der Waals surface area contributed by atoms with Crippen molar-refractivity contribution in [2.45, 2.75) is 29.4 Å². The number of anilines is 1. The van der Waals surface area contributed by atoms with Gasteiger partial charge in [0.1, 0.15) is 10.7 Å². The fourth-order valence-electron chi connectivity index (χ4n) is 2.51. The second-order valence-corrected chi connectivity index (χ2v) is 8.50. The van der Waals surface area contributed by atoms with Crippen LogP contribution < -0.4 is 5.32 Å². The summed E-state index contributed by atoms with van der Waals surface area (Å²) >= 11 is 0.271. The second-order valence-electron chi connectivity index (χ2n) is 5.56. The molecule has 0 aromatic heterocycles. The van der Waals surface area contributed by atoms with Gasteiger partial charge in [-0.3, -0.25) is 4.79 Å². The molecule has 0 unspecified atom stereocenters. The number of amides is 1. The number of hydrogen-bond acceptors (Lipinski definition) is 4. The Morgan fingerprint density at radius 1 is 1.14 bits per heavy atom. The van der Waals surface area contributed by atoms with Crippen molar-refractivity contribution >= 4 is 33.4 Å². The smallest absolute Gasteiger partial charge is 0.288 e. The molecule has 0 aliphatic rings. The van der Waals surface area contributed by atoms with Crippen molar-refractivity contribution in [3.05, 3.63) is 53.8 Å². The third-order valence-corrected chi connectivity index (χ3v) is 6.72. The topological polar surface area (TPSA) is 66.5 Å². The third kappa shape index (κ3) is 5.06. The number of carbonyl (C=O) groups excluding carboxylic acids is 1. The molecule has 152 valence electrons. The van der Waals surface area contributed by atoms with Crippen molar-refractivity contribution in [2.75, 3.05) is 18.4 Å². The van der Waals surface area contributed by atoms with Gasteiger partial charge in [-0.25, -0.2) is 12.8 Å². The predicted molar refractivity (Wildman–Crippen MR) is 103 cm³/mol. The lowest BCUT2D eigenvalue weighted by molar-refractivity contribution is 0.102. The summed E-state index contributed by atoms with van der Waals surface area (Å²) in [6.07, 6.45) is 0. The summed E-state index contributed by atoms with van der Waals surface area (Å²) in [4.78, 5) is 12.1. The van der Waals surface area contributed by atoms with Crippen molar-refractivity contribution in [1.82, 2.24) is 4.31 Å². The van der Waals surface area contributed by atoms with Crippen molar-refractivity contribution in [3.63, 3.8) is 0 Å². The fraction of sp³-hybridized carbons (Fsp3) is 0.278. The first-order valence-electron chi connectivity index (χ1n) is 8.35. The molecule has 0 fully saturated rings. The number of carbonyl (C=O) groups is 1. The Bertz CT molecular complexity index is 949. The average molecular weight is 432 g/mol. The molecule has 10 heteroatoms. The van der Waals surface area contributed by atoms with Gasteiger partial charge in [0.25, 0.3) is 11.7 Å². The first kappa shape index (κ1) is 22.3. The molecule has 0 heterocycles. The van der Waals surface area contributed by atoms with Gasteiger partial charge < -0.3 is 5.32 Å². The van der Waals surface area contributed by atoms with Gasteiger partial charge in [-0.05, 0) is 30.3 Å². The summed E-state index contributed by atoms with van der Waals surface area (Å²) in [5, 5.41) is 2.46. The molecule has 0 aliphatic heterocycles. The predicted octanol–water partition coefficient (Wildman–Crippen LogP) is 4.42. The minimum absolute atomic E-state index is 0.107. The molecule has 2 aromatic carbocycles. The van der Waals surface area contributed by atoms with Crippen LogP contribution in [0.1, 0.15) is 24.2 Å². The summed E-state index contributed by atoms with van der Waals surface area (Å²) in [7, 11) is -4.11. The Hall–Kier alpha value is -2.04. The quantitative estimate of drug-likeness (QED) is 0.627. The number of thioether (sulfide) groups is 1. The van der Waals surface area contributed by atoms with E-state index in [1.807, 2.05) is 0 Å². The highest BCUT2D eigenvalue weighted by Crippen LogP contribution is 2.32. The van der Waals surface area contributed by atoms with Crippen LogP contribution in [0.2, 0.25) is 0 Å². The van der Waals surface area contributed by atoms with Crippen LogP contribution in [-0.2, 0) is 10.0 Å². The zero-order valence-corrected chi connectivity index (χ0v) is 16.8. The SMILES string of the molecule is CCN(CC)S(=O)(=O)c1cc(C(=O)Nc2ccccc2SC(F)F)ccc1F. The minimum atomic E-state index is -4.11. The number of nitrogens with zero attached hydrogens (tertiary/aromatic N) is 1. The van der Waals surface area contributed by atoms with E-state index in [9.17, 15) is 26.4 Å². The van der Waals surface area contributed by atoms with Gasteiger partial charge in [0, 0.05) is 23.5 Å².